The normalized spacial score (nSPS) is 15.0. The van der Waals surface area contributed by atoms with Crippen molar-refractivity contribution in [3.05, 3.63) is 0 Å². The maximum atomic E-state index is 12.4. The highest BCUT2D eigenvalue weighted by atomic mass is 16.6. The molecule has 2 amide bonds. The number of nitrogens with two attached hydrogens (primary N) is 1. The minimum atomic E-state index is 0.0869. The van der Waals surface area contributed by atoms with Gasteiger partial charge in [0, 0.05) is 39.0 Å². The number of hydrogen-bond acceptors (Lipinski definition) is 8. The lowest BCUT2D eigenvalue weighted by Gasteiger charge is -2.35. The Bertz CT molecular complexity index is 521. The first-order chi connectivity index (χ1) is 14.4. The third-order valence-corrected chi connectivity index (χ3v) is 4.53. The van der Waals surface area contributed by atoms with Gasteiger partial charge in [-0.1, -0.05) is 19.0 Å². The number of oxime groups is 1. The van der Waals surface area contributed by atoms with E-state index in [9.17, 15) is 9.59 Å². The molecule has 0 aromatic carbocycles. The van der Waals surface area contributed by atoms with Gasteiger partial charge in [-0.15, -0.1) is 0 Å². The van der Waals surface area contributed by atoms with Gasteiger partial charge in [0.2, 0.25) is 11.8 Å². The maximum Gasteiger partial charge on any atom is 0.223 e. The van der Waals surface area contributed by atoms with Gasteiger partial charge in [0.15, 0.2) is 0 Å². The van der Waals surface area contributed by atoms with E-state index in [-0.39, 0.29) is 11.8 Å². The van der Waals surface area contributed by atoms with E-state index < -0.39 is 0 Å². The number of amides is 2. The summed E-state index contributed by atoms with van der Waals surface area (Å²) in [5, 5.41) is 4.01. The zero-order valence-electron chi connectivity index (χ0n) is 18.6. The van der Waals surface area contributed by atoms with Crippen molar-refractivity contribution in [2.24, 2.45) is 17.0 Å². The van der Waals surface area contributed by atoms with Crippen molar-refractivity contribution in [2.75, 3.05) is 65.8 Å². The fourth-order valence-corrected chi connectivity index (χ4v) is 2.86. The number of hydrogen-bond donors (Lipinski definition) is 1. The van der Waals surface area contributed by atoms with E-state index in [1.165, 1.54) is 0 Å². The highest BCUT2D eigenvalue weighted by Crippen LogP contribution is 2.10. The van der Waals surface area contributed by atoms with Crippen molar-refractivity contribution in [1.82, 2.24) is 9.80 Å². The molecule has 1 fully saturated rings. The Balaban J connectivity index is 2.09. The van der Waals surface area contributed by atoms with Crippen LogP contribution < -0.4 is 5.90 Å². The van der Waals surface area contributed by atoms with Crippen LogP contribution in [0.5, 0.6) is 0 Å². The Kier molecular flexibility index (Phi) is 14.0. The predicted molar refractivity (Wildman–Crippen MR) is 113 cm³/mol. The summed E-state index contributed by atoms with van der Waals surface area (Å²) in [4.78, 5) is 37.7. The zero-order chi connectivity index (χ0) is 22.2. The van der Waals surface area contributed by atoms with Gasteiger partial charge in [-0.3, -0.25) is 9.59 Å². The molecule has 30 heavy (non-hydrogen) atoms. The van der Waals surface area contributed by atoms with Crippen LogP contribution in [-0.4, -0.2) is 93.1 Å². The molecule has 2 N–H and O–H groups in total. The Hall–Kier alpha value is -1.75. The van der Waals surface area contributed by atoms with Gasteiger partial charge < -0.3 is 28.9 Å². The van der Waals surface area contributed by atoms with Crippen molar-refractivity contribution in [2.45, 2.75) is 40.0 Å². The van der Waals surface area contributed by atoms with Crippen molar-refractivity contribution < 1.29 is 28.7 Å². The van der Waals surface area contributed by atoms with E-state index in [1.807, 2.05) is 30.6 Å². The summed E-state index contributed by atoms with van der Waals surface area (Å²) in [5.41, 5.74) is 0.763. The Morgan fingerprint density at radius 1 is 0.867 bits per heavy atom. The largest absolute Gasteiger partial charge is 0.393 e. The first-order valence-electron chi connectivity index (χ1n) is 10.6. The number of carbonyl (C=O) groups excluding carboxylic acids is 2. The fraction of sp³-hybridized carbons (Fsp3) is 0.850. The fourth-order valence-electron chi connectivity index (χ4n) is 2.86. The van der Waals surface area contributed by atoms with E-state index in [4.69, 9.17) is 20.2 Å². The first-order valence-corrected chi connectivity index (χ1v) is 10.6. The van der Waals surface area contributed by atoms with Gasteiger partial charge in [-0.05, 0) is 19.3 Å². The molecule has 0 aliphatic carbocycles. The van der Waals surface area contributed by atoms with Crippen LogP contribution in [0.2, 0.25) is 0 Å². The van der Waals surface area contributed by atoms with Crippen LogP contribution in [0.3, 0.4) is 0 Å². The van der Waals surface area contributed by atoms with Gasteiger partial charge >= 0.3 is 0 Å². The summed E-state index contributed by atoms with van der Waals surface area (Å²) in [6, 6.07) is 0. The molecule has 0 aromatic rings. The van der Waals surface area contributed by atoms with Gasteiger partial charge in [-0.25, -0.2) is 5.90 Å². The summed E-state index contributed by atoms with van der Waals surface area (Å²) in [6.45, 7) is 10.8. The number of nitrogens with zero attached hydrogens (tertiary/aromatic N) is 3. The molecule has 0 aromatic heterocycles. The number of piperazine rings is 1. The van der Waals surface area contributed by atoms with E-state index in [2.05, 4.69) is 9.99 Å². The molecule has 1 saturated heterocycles. The topological polar surface area (TPSA) is 116 Å². The molecule has 10 heteroatoms. The highest BCUT2D eigenvalue weighted by molar-refractivity contribution is 5.86. The van der Waals surface area contributed by atoms with Crippen molar-refractivity contribution >= 4 is 17.5 Å². The van der Waals surface area contributed by atoms with Crippen LogP contribution in [0.15, 0.2) is 5.16 Å². The number of rotatable bonds is 15. The van der Waals surface area contributed by atoms with Gasteiger partial charge in [0.25, 0.3) is 0 Å². The second-order valence-corrected chi connectivity index (χ2v) is 7.61. The molecule has 0 spiro atoms. The van der Waals surface area contributed by atoms with Crippen molar-refractivity contribution in [3.8, 4) is 0 Å². The predicted octanol–water partition coefficient (Wildman–Crippen LogP) is 0.800. The second-order valence-electron chi connectivity index (χ2n) is 7.61. The zero-order valence-corrected chi connectivity index (χ0v) is 18.6. The molecule has 1 aliphatic rings. The van der Waals surface area contributed by atoms with Crippen LogP contribution in [0.4, 0.5) is 0 Å². The quantitative estimate of drug-likeness (QED) is 0.232. The lowest BCUT2D eigenvalue weighted by Crippen LogP contribution is -2.50. The number of carbonyl (C=O) groups is 2. The van der Waals surface area contributed by atoms with E-state index in [0.29, 0.717) is 91.0 Å². The smallest absolute Gasteiger partial charge is 0.223 e. The molecule has 0 radical (unpaired) electrons. The van der Waals surface area contributed by atoms with E-state index in [1.54, 1.807) is 0 Å². The van der Waals surface area contributed by atoms with Crippen LogP contribution in [0.25, 0.3) is 0 Å². The van der Waals surface area contributed by atoms with Crippen molar-refractivity contribution in [1.29, 1.82) is 0 Å². The van der Waals surface area contributed by atoms with E-state index >= 15 is 0 Å². The third kappa shape index (κ3) is 12.1. The molecular formula is C20H38N4O6. The molecule has 0 saturated carbocycles. The molecule has 0 bridgehead atoms. The second kappa shape index (κ2) is 16.0. The average Bonchev–Trinajstić information content (AvgIpc) is 2.73. The van der Waals surface area contributed by atoms with Gasteiger partial charge in [-0.2, -0.15) is 0 Å². The Morgan fingerprint density at radius 2 is 1.40 bits per heavy atom. The SMILES string of the molecule is C/C(CCC(=O)N1CCN(C(=O)CC(C)C)CC1)=N/OCCOCCOCCON. The lowest BCUT2D eigenvalue weighted by atomic mass is 10.1. The molecule has 0 unspecified atom stereocenters. The van der Waals surface area contributed by atoms with Crippen molar-refractivity contribution in [3.63, 3.8) is 0 Å². The molecule has 1 rings (SSSR count). The van der Waals surface area contributed by atoms with Crippen LogP contribution in [0, 0.1) is 5.92 Å². The summed E-state index contributed by atoms with van der Waals surface area (Å²) < 4.78 is 10.5. The minimum Gasteiger partial charge on any atom is -0.393 e. The maximum absolute atomic E-state index is 12.4. The summed E-state index contributed by atoms with van der Waals surface area (Å²) in [5.74, 6) is 5.49. The Morgan fingerprint density at radius 3 is 1.97 bits per heavy atom. The highest BCUT2D eigenvalue weighted by Gasteiger charge is 2.24. The molecule has 1 aliphatic heterocycles. The number of ether oxygens (including phenoxy) is 2. The minimum absolute atomic E-state index is 0.0869. The third-order valence-electron chi connectivity index (χ3n) is 4.53. The van der Waals surface area contributed by atoms with Crippen LogP contribution >= 0.6 is 0 Å². The summed E-state index contributed by atoms with van der Waals surface area (Å²) in [6.07, 6.45) is 1.49. The average molecular weight is 431 g/mol. The van der Waals surface area contributed by atoms with Crippen LogP contribution in [-0.2, 0) is 28.7 Å². The van der Waals surface area contributed by atoms with Gasteiger partial charge in [0.1, 0.15) is 6.61 Å². The standard InChI is InChI=1S/C20H38N4O6/c1-17(2)16-20(26)24-8-6-23(7-9-24)19(25)5-4-18(3)22-30-15-13-28-11-10-27-12-14-29-21/h17H,4-16,21H2,1-3H3/b22-18-. The molecule has 1 heterocycles. The molecule has 10 nitrogen and oxygen atoms in total. The summed E-state index contributed by atoms with van der Waals surface area (Å²) in [7, 11) is 0. The molecule has 174 valence electrons. The Labute approximate surface area is 179 Å². The monoisotopic (exact) mass is 430 g/mol. The molecular weight excluding hydrogens is 392 g/mol. The lowest BCUT2D eigenvalue weighted by molar-refractivity contribution is -0.139. The first kappa shape index (κ1) is 26.3. The molecule has 0 atom stereocenters. The summed E-state index contributed by atoms with van der Waals surface area (Å²) >= 11 is 0. The van der Waals surface area contributed by atoms with Crippen LogP contribution in [0.1, 0.15) is 40.0 Å². The van der Waals surface area contributed by atoms with Gasteiger partial charge in [0.05, 0.1) is 38.7 Å². The van der Waals surface area contributed by atoms with E-state index in [0.717, 1.165) is 5.71 Å².